The summed E-state index contributed by atoms with van der Waals surface area (Å²) in [6, 6.07) is 2.14. The number of piperidine rings is 2. The van der Waals surface area contributed by atoms with Gasteiger partial charge in [-0.15, -0.1) is 0 Å². The topological polar surface area (TPSA) is 54.3 Å². The highest BCUT2D eigenvalue weighted by Crippen LogP contribution is 2.27. The standard InChI is InChI=1S/C15H20BrN3O2/c1-2-18-9-11(16)7-13(18)15(21)19-6-5-12-10(8-19)3-4-14(20)17-12/h7,9-10,12H,2-6,8H2,1H3,(H,17,20). The van der Waals surface area contributed by atoms with Crippen molar-refractivity contribution in [2.75, 3.05) is 13.1 Å². The van der Waals surface area contributed by atoms with Gasteiger partial charge in [-0.1, -0.05) is 0 Å². The van der Waals surface area contributed by atoms with Crippen molar-refractivity contribution in [2.24, 2.45) is 5.92 Å². The Labute approximate surface area is 132 Å². The summed E-state index contributed by atoms with van der Waals surface area (Å²) in [6.45, 7) is 4.28. The third-order valence-electron chi connectivity index (χ3n) is 4.53. The minimum Gasteiger partial charge on any atom is -0.353 e. The minimum absolute atomic E-state index is 0.0953. The van der Waals surface area contributed by atoms with Gasteiger partial charge in [0.2, 0.25) is 5.91 Å². The van der Waals surface area contributed by atoms with E-state index in [0.29, 0.717) is 18.9 Å². The van der Waals surface area contributed by atoms with Crippen molar-refractivity contribution in [2.45, 2.75) is 38.8 Å². The monoisotopic (exact) mass is 353 g/mol. The molecule has 2 saturated heterocycles. The van der Waals surface area contributed by atoms with E-state index in [1.54, 1.807) is 0 Å². The molecule has 0 spiro atoms. The molecule has 2 amide bonds. The Hall–Kier alpha value is -1.30. The van der Waals surface area contributed by atoms with E-state index in [4.69, 9.17) is 0 Å². The first-order valence-corrected chi connectivity index (χ1v) is 8.32. The van der Waals surface area contributed by atoms with Crippen LogP contribution in [0.2, 0.25) is 0 Å². The van der Waals surface area contributed by atoms with Gasteiger partial charge in [-0.05, 0) is 47.7 Å². The molecule has 1 aromatic rings. The molecule has 2 unspecified atom stereocenters. The predicted octanol–water partition coefficient (Wildman–Crippen LogP) is 2.01. The number of nitrogens with one attached hydrogen (secondary N) is 1. The molecule has 3 heterocycles. The lowest BCUT2D eigenvalue weighted by atomic mass is 9.85. The van der Waals surface area contributed by atoms with Crippen molar-refractivity contribution >= 4 is 27.7 Å². The van der Waals surface area contributed by atoms with Gasteiger partial charge in [0.1, 0.15) is 5.69 Å². The van der Waals surface area contributed by atoms with E-state index in [0.717, 1.165) is 36.1 Å². The smallest absolute Gasteiger partial charge is 0.270 e. The van der Waals surface area contributed by atoms with Crippen LogP contribution in [0.5, 0.6) is 0 Å². The molecule has 5 nitrogen and oxygen atoms in total. The highest BCUT2D eigenvalue weighted by Gasteiger charge is 2.36. The molecule has 21 heavy (non-hydrogen) atoms. The normalized spacial score (nSPS) is 25.4. The van der Waals surface area contributed by atoms with Crippen LogP contribution in [0.4, 0.5) is 0 Å². The lowest BCUT2D eigenvalue weighted by Crippen LogP contribution is -2.55. The summed E-state index contributed by atoms with van der Waals surface area (Å²) in [5, 5.41) is 3.05. The molecule has 2 atom stereocenters. The van der Waals surface area contributed by atoms with Gasteiger partial charge in [0.25, 0.3) is 5.91 Å². The predicted molar refractivity (Wildman–Crippen MR) is 83.0 cm³/mol. The Morgan fingerprint density at radius 2 is 2.29 bits per heavy atom. The number of rotatable bonds is 2. The molecule has 1 aromatic heterocycles. The van der Waals surface area contributed by atoms with Crippen LogP contribution < -0.4 is 5.32 Å². The van der Waals surface area contributed by atoms with Crippen LogP contribution in [-0.2, 0) is 11.3 Å². The van der Waals surface area contributed by atoms with Crippen molar-refractivity contribution in [1.29, 1.82) is 0 Å². The summed E-state index contributed by atoms with van der Waals surface area (Å²) in [7, 11) is 0. The summed E-state index contributed by atoms with van der Waals surface area (Å²) in [5.41, 5.74) is 0.739. The van der Waals surface area contributed by atoms with Gasteiger partial charge in [0.05, 0.1) is 0 Å². The minimum atomic E-state index is 0.0953. The SMILES string of the molecule is CCn1cc(Br)cc1C(=O)N1CCC2NC(=O)CCC2C1. The number of halogens is 1. The highest BCUT2D eigenvalue weighted by atomic mass is 79.9. The van der Waals surface area contributed by atoms with E-state index in [1.807, 2.05) is 28.7 Å². The molecule has 1 N–H and O–H groups in total. The van der Waals surface area contributed by atoms with Gasteiger partial charge in [0.15, 0.2) is 0 Å². The highest BCUT2D eigenvalue weighted by molar-refractivity contribution is 9.10. The summed E-state index contributed by atoms with van der Waals surface area (Å²) in [4.78, 5) is 26.1. The van der Waals surface area contributed by atoms with E-state index in [1.165, 1.54) is 0 Å². The second-order valence-corrected chi connectivity index (χ2v) is 6.76. The molecule has 114 valence electrons. The molecule has 2 aliphatic rings. The third kappa shape index (κ3) is 2.86. The first-order chi connectivity index (χ1) is 10.1. The Kier molecular flexibility index (Phi) is 4.06. The molecule has 2 fully saturated rings. The molecular weight excluding hydrogens is 334 g/mol. The van der Waals surface area contributed by atoms with E-state index >= 15 is 0 Å². The fourth-order valence-electron chi connectivity index (χ4n) is 3.37. The molecule has 0 saturated carbocycles. The van der Waals surface area contributed by atoms with Crippen molar-refractivity contribution in [3.63, 3.8) is 0 Å². The lowest BCUT2D eigenvalue weighted by molar-refractivity contribution is -0.125. The summed E-state index contributed by atoms with van der Waals surface area (Å²) in [6.07, 6.45) is 4.27. The van der Waals surface area contributed by atoms with E-state index < -0.39 is 0 Å². The van der Waals surface area contributed by atoms with Crippen molar-refractivity contribution < 1.29 is 9.59 Å². The summed E-state index contributed by atoms with van der Waals surface area (Å²) in [5.74, 6) is 0.645. The number of hydrogen-bond acceptors (Lipinski definition) is 2. The number of aryl methyl sites for hydroxylation is 1. The Bertz CT molecular complexity index is 569. The maximum absolute atomic E-state index is 12.7. The van der Waals surface area contributed by atoms with Crippen LogP contribution in [0.1, 0.15) is 36.7 Å². The lowest BCUT2D eigenvalue weighted by Gasteiger charge is -2.41. The average Bonchev–Trinajstić information content (AvgIpc) is 2.87. The van der Waals surface area contributed by atoms with Crippen molar-refractivity contribution in [3.05, 3.63) is 22.4 Å². The van der Waals surface area contributed by atoms with Crippen LogP contribution in [-0.4, -0.2) is 40.4 Å². The Morgan fingerprint density at radius 3 is 3.05 bits per heavy atom. The van der Waals surface area contributed by atoms with Crippen LogP contribution in [0.3, 0.4) is 0 Å². The number of nitrogens with zero attached hydrogens (tertiary/aromatic N) is 2. The molecule has 2 aliphatic heterocycles. The third-order valence-corrected chi connectivity index (χ3v) is 4.97. The first-order valence-electron chi connectivity index (χ1n) is 7.52. The van der Waals surface area contributed by atoms with Crippen molar-refractivity contribution in [1.82, 2.24) is 14.8 Å². The average molecular weight is 354 g/mol. The van der Waals surface area contributed by atoms with E-state index in [9.17, 15) is 9.59 Å². The largest absolute Gasteiger partial charge is 0.353 e. The van der Waals surface area contributed by atoms with Crippen LogP contribution >= 0.6 is 15.9 Å². The van der Waals surface area contributed by atoms with Gasteiger partial charge in [-0.2, -0.15) is 0 Å². The molecule has 0 radical (unpaired) electrons. The van der Waals surface area contributed by atoms with E-state index in [-0.39, 0.29) is 17.9 Å². The fourth-order valence-corrected chi connectivity index (χ4v) is 3.84. The van der Waals surface area contributed by atoms with Crippen LogP contribution in [0.15, 0.2) is 16.7 Å². The maximum atomic E-state index is 12.7. The second kappa shape index (κ2) is 5.83. The molecule has 0 bridgehead atoms. The first kappa shape index (κ1) is 14.6. The number of aromatic nitrogens is 1. The zero-order chi connectivity index (χ0) is 15.0. The number of carbonyl (C=O) groups excluding carboxylic acids is 2. The summed E-state index contributed by atoms with van der Waals surface area (Å²) < 4.78 is 2.91. The molecule has 0 aromatic carbocycles. The maximum Gasteiger partial charge on any atom is 0.270 e. The van der Waals surface area contributed by atoms with E-state index in [2.05, 4.69) is 21.2 Å². The quantitative estimate of drug-likeness (QED) is 0.884. The fraction of sp³-hybridized carbons (Fsp3) is 0.600. The zero-order valence-corrected chi connectivity index (χ0v) is 13.7. The van der Waals surface area contributed by atoms with Gasteiger partial charge in [0, 0.05) is 42.8 Å². The van der Waals surface area contributed by atoms with Gasteiger partial charge < -0.3 is 14.8 Å². The van der Waals surface area contributed by atoms with Crippen LogP contribution in [0.25, 0.3) is 0 Å². The zero-order valence-electron chi connectivity index (χ0n) is 12.1. The number of carbonyl (C=O) groups is 2. The van der Waals surface area contributed by atoms with Gasteiger partial charge in [-0.25, -0.2) is 0 Å². The van der Waals surface area contributed by atoms with Gasteiger partial charge in [-0.3, -0.25) is 9.59 Å². The molecule has 6 heteroatoms. The molecular formula is C15H20BrN3O2. The number of likely N-dealkylation sites (tertiary alicyclic amines) is 1. The molecule has 3 rings (SSSR count). The number of amides is 2. The Balaban J connectivity index is 1.73. The number of fused-ring (bicyclic) bond motifs is 1. The van der Waals surface area contributed by atoms with Crippen molar-refractivity contribution in [3.8, 4) is 0 Å². The Morgan fingerprint density at radius 1 is 1.48 bits per heavy atom. The molecule has 0 aliphatic carbocycles. The van der Waals surface area contributed by atoms with Crippen LogP contribution in [0, 0.1) is 5.92 Å². The number of hydrogen-bond donors (Lipinski definition) is 1. The summed E-state index contributed by atoms with van der Waals surface area (Å²) >= 11 is 3.44. The second-order valence-electron chi connectivity index (χ2n) is 5.84. The van der Waals surface area contributed by atoms with Gasteiger partial charge >= 0.3 is 0 Å².